The molecule has 1 aromatic carbocycles. The van der Waals surface area contributed by atoms with Crippen LogP contribution in [0.25, 0.3) is 0 Å². The minimum absolute atomic E-state index is 0. The molecule has 0 bridgehead atoms. The summed E-state index contributed by atoms with van der Waals surface area (Å²) >= 11 is 14.9. The van der Waals surface area contributed by atoms with Gasteiger partial charge in [-0.2, -0.15) is 0 Å². The van der Waals surface area contributed by atoms with E-state index in [2.05, 4.69) is 17.4 Å². The Morgan fingerprint density at radius 2 is 2.00 bits per heavy atom. The van der Waals surface area contributed by atoms with Crippen molar-refractivity contribution < 1.29 is 9.53 Å². The van der Waals surface area contributed by atoms with E-state index < -0.39 is 5.30 Å². The molecule has 6 heteroatoms. The number of rotatable bonds is 2. The Hall–Kier alpha value is -0.0900. The molecule has 0 fully saturated rings. The lowest BCUT2D eigenvalue weighted by atomic mass is 10.2. The van der Waals surface area contributed by atoms with Gasteiger partial charge in [0.05, 0.1) is 10.0 Å². The van der Waals surface area contributed by atoms with Gasteiger partial charge in [-0.15, -0.1) is 12.4 Å². The summed E-state index contributed by atoms with van der Waals surface area (Å²) in [6, 6.07) is 5.01. The van der Waals surface area contributed by atoms with E-state index in [1.807, 2.05) is 0 Å². The molecular formula is C8H7Cl3O2S. The second-order valence-electron chi connectivity index (χ2n) is 2.30. The molecule has 0 aliphatic carbocycles. The Balaban J connectivity index is 0.00000169. The molecule has 0 heterocycles. The van der Waals surface area contributed by atoms with Crippen LogP contribution >= 0.6 is 48.2 Å². The van der Waals surface area contributed by atoms with Crippen molar-refractivity contribution >= 4 is 53.5 Å². The molecule has 0 saturated carbocycles. The van der Waals surface area contributed by atoms with Crippen LogP contribution in [0.15, 0.2) is 18.2 Å². The molecule has 14 heavy (non-hydrogen) atoms. The van der Waals surface area contributed by atoms with Gasteiger partial charge >= 0.3 is 5.30 Å². The lowest BCUT2D eigenvalue weighted by molar-refractivity contribution is 0.169. The van der Waals surface area contributed by atoms with Crippen molar-refractivity contribution in [3.05, 3.63) is 33.8 Å². The summed E-state index contributed by atoms with van der Waals surface area (Å²) in [6.07, 6.45) is 0. The molecule has 0 amide bonds. The molecule has 0 radical (unpaired) electrons. The maximum absolute atomic E-state index is 10.4. The molecule has 0 N–H and O–H groups in total. The first-order valence-corrected chi connectivity index (χ1v) is 4.59. The highest BCUT2D eigenvalue weighted by atomic mass is 35.5. The monoisotopic (exact) mass is 272 g/mol. The number of hydrogen-bond acceptors (Lipinski definition) is 2. The average molecular weight is 274 g/mol. The van der Waals surface area contributed by atoms with Gasteiger partial charge in [-0.05, 0) is 17.7 Å². The molecule has 0 aliphatic rings. The quantitative estimate of drug-likeness (QED) is 0.651. The summed E-state index contributed by atoms with van der Waals surface area (Å²) < 4.78 is 4.65. The Labute approximate surface area is 103 Å². The summed E-state index contributed by atoms with van der Waals surface area (Å²) in [5.74, 6) is 0. The topological polar surface area (TPSA) is 26.3 Å². The smallest absolute Gasteiger partial charge is 0.364 e. The number of halogens is 3. The van der Waals surface area contributed by atoms with E-state index >= 15 is 0 Å². The maximum Gasteiger partial charge on any atom is 0.364 e. The SMILES string of the molecule is Cl.O=C(S)OCc1ccc(Cl)c(Cl)c1. The number of benzene rings is 1. The fraction of sp³-hybridized carbons (Fsp3) is 0.125. The maximum atomic E-state index is 10.4. The van der Waals surface area contributed by atoms with Crippen LogP contribution in [0.1, 0.15) is 5.56 Å². The normalized spacial score (nSPS) is 9.07. The van der Waals surface area contributed by atoms with Crippen LogP contribution in [0.5, 0.6) is 0 Å². The predicted octanol–water partition coefficient (Wildman–Crippen LogP) is 3.98. The molecule has 0 aliphatic heterocycles. The van der Waals surface area contributed by atoms with E-state index in [0.29, 0.717) is 10.0 Å². The molecule has 2 nitrogen and oxygen atoms in total. The number of carbonyl (C=O) groups is 1. The Morgan fingerprint density at radius 3 is 2.50 bits per heavy atom. The van der Waals surface area contributed by atoms with Gasteiger partial charge in [0.1, 0.15) is 6.61 Å². The number of hydrogen-bond donors (Lipinski definition) is 1. The van der Waals surface area contributed by atoms with Crippen molar-refractivity contribution in [2.24, 2.45) is 0 Å². The van der Waals surface area contributed by atoms with E-state index in [1.165, 1.54) is 0 Å². The van der Waals surface area contributed by atoms with Crippen molar-refractivity contribution in [2.45, 2.75) is 6.61 Å². The summed E-state index contributed by atoms with van der Waals surface area (Å²) in [5, 5.41) is 0.295. The fourth-order valence-electron chi connectivity index (χ4n) is 0.774. The van der Waals surface area contributed by atoms with E-state index in [-0.39, 0.29) is 19.0 Å². The Morgan fingerprint density at radius 1 is 1.36 bits per heavy atom. The van der Waals surface area contributed by atoms with E-state index in [1.54, 1.807) is 18.2 Å². The summed E-state index contributed by atoms with van der Waals surface area (Å²) in [6.45, 7) is 0.152. The second-order valence-corrected chi connectivity index (χ2v) is 3.48. The van der Waals surface area contributed by atoms with E-state index in [9.17, 15) is 4.79 Å². The zero-order valence-corrected chi connectivity index (χ0v) is 10.1. The first-order valence-electron chi connectivity index (χ1n) is 3.39. The van der Waals surface area contributed by atoms with Gasteiger partial charge in [-0.1, -0.05) is 41.9 Å². The zero-order chi connectivity index (χ0) is 9.84. The molecule has 0 spiro atoms. The van der Waals surface area contributed by atoms with Crippen LogP contribution in [-0.4, -0.2) is 5.30 Å². The van der Waals surface area contributed by atoms with Crippen molar-refractivity contribution in [3.8, 4) is 0 Å². The largest absolute Gasteiger partial charge is 0.453 e. The number of ether oxygens (including phenoxy) is 1. The molecular weight excluding hydrogens is 267 g/mol. The first kappa shape index (κ1) is 13.9. The molecule has 0 saturated heterocycles. The van der Waals surface area contributed by atoms with Gasteiger partial charge in [0.15, 0.2) is 0 Å². The van der Waals surface area contributed by atoms with E-state index in [4.69, 9.17) is 23.2 Å². The van der Waals surface area contributed by atoms with Crippen molar-refractivity contribution in [3.63, 3.8) is 0 Å². The minimum Gasteiger partial charge on any atom is -0.453 e. The van der Waals surface area contributed by atoms with Crippen LogP contribution in [0.3, 0.4) is 0 Å². The lowest BCUT2D eigenvalue weighted by Gasteiger charge is -2.02. The zero-order valence-electron chi connectivity index (χ0n) is 6.87. The first-order chi connectivity index (χ1) is 6.09. The van der Waals surface area contributed by atoms with Gasteiger partial charge in [-0.3, -0.25) is 0 Å². The molecule has 78 valence electrons. The van der Waals surface area contributed by atoms with Gasteiger partial charge in [0.2, 0.25) is 0 Å². The fourth-order valence-corrected chi connectivity index (χ4v) is 1.16. The second kappa shape index (κ2) is 6.40. The van der Waals surface area contributed by atoms with E-state index in [0.717, 1.165) is 5.56 Å². The van der Waals surface area contributed by atoms with Crippen LogP contribution in [0, 0.1) is 0 Å². The van der Waals surface area contributed by atoms with Gasteiger partial charge in [0, 0.05) is 0 Å². The van der Waals surface area contributed by atoms with Crippen molar-refractivity contribution in [1.82, 2.24) is 0 Å². The standard InChI is InChI=1S/C8H6Cl2O2S.ClH/c9-6-2-1-5(3-7(6)10)4-12-8(11)13;/h1-3H,4H2,(H,11,13);1H. The van der Waals surface area contributed by atoms with Gasteiger partial charge < -0.3 is 4.74 Å². The molecule has 1 rings (SSSR count). The number of carbonyl (C=O) groups excluding carboxylic acids is 1. The lowest BCUT2D eigenvalue weighted by Crippen LogP contribution is -1.94. The van der Waals surface area contributed by atoms with Gasteiger partial charge in [0.25, 0.3) is 0 Å². The van der Waals surface area contributed by atoms with Crippen LogP contribution in [0.2, 0.25) is 10.0 Å². The van der Waals surface area contributed by atoms with Crippen LogP contribution in [-0.2, 0) is 11.3 Å². The summed E-state index contributed by atoms with van der Waals surface area (Å²) in [4.78, 5) is 10.4. The summed E-state index contributed by atoms with van der Waals surface area (Å²) in [5.41, 5.74) is 0.775. The third-order valence-electron chi connectivity index (χ3n) is 1.35. The van der Waals surface area contributed by atoms with Crippen LogP contribution < -0.4 is 0 Å². The minimum atomic E-state index is -0.619. The molecule has 0 aromatic heterocycles. The third kappa shape index (κ3) is 4.42. The molecule has 0 atom stereocenters. The highest BCUT2D eigenvalue weighted by Gasteiger charge is 2.00. The summed E-state index contributed by atoms with van der Waals surface area (Å²) in [7, 11) is 0. The van der Waals surface area contributed by atoms with Gasteiger partial charge in [-0.25, -0.2) is 4.79 Å². The highest BCUT2D eigenvalue weighted by molar-refractivity contribution is 7.96. The average Bonchev–Trinajstić information content (AvgIpc) is 2.07. The Bertz CT molecular complexity index is 330. The number of thiol groups is 1. The third-order valence-corrected chi connectivity index (χ3v) is 2.21. The van der Waals surface area contributed by atoms with Crippen molar-refractivity contribution in [2.75, 3.05) is 0 Å². The highest BCUT2D eigenvalue weighted by Crippen LogP contribution is 2.22. The molecule has 1 aromatic rings. The van der Waals surface area contributed by atoms with Crippen LogP contribution in [0.4, 0.5) is 4.79 Å². The molecule has 0 unspecified atom stereocenters. The predicted molar refractivity (Wildman–Crippen MR) is 62.9 cm³/mol. The Kier molecular flexibility index (Phi) is 6.36. The van der Waals surface area contributed by atoms with Crippen molar-refractivity contribution in [1.29, 1.82) is 0 Å².